The maximum absolute atomic E-state index is 13.5. The molecule has 4 fully saturated rings. The zero-order chi connectivity index (χ0) is 34.2. The molecule has 3 N–H and O–H groups in total. The molecule has 0 unspecified atom stereocenters. The van der Waals surface area contributed by atoms with Gasteiger partial charge in [-0.1, -0.05) is 59.3 Å². The van der Waals surface area contributed by atoms with Crippen molar-refractivity contribution in [1.29, 1.82) is 0 Å². The lowest BCUT2D eigenvalue weighted by Crippen LogP contribution is -2.66. The number of methoxy groups -OCH3 is 1. The third-order valence-electron chi connectivity index (χ3n) is 14.8. The van der Waals surface area contributed by atoms with Crippen molar-refractivity contribution in [3.63, 3.8) is 0 Å². The van der Waals surface area contributed by atoms with Crippen molar-refractivity contribution in [2.45, 2.75) is 112 Å². The van der Waals surface area contributed by atoms with Crippen molar-refractivity contribution < 1.29 is 34.4 Å². The van der Waals surface area contributed by atoms with Crippen LogP contribution in [0.5, 0.6) is 11.5 Å². The molecule has 5 aliphatic rings. The highest BCUT2D eigenvalue weighted by Gasteiger charge is 2.70. The van der Waals surface area contributed by atoms with Crippen LogP contribution in [0.15, 0.2) is 35.9 Å². The van der Waals surface area contributed by atoms with Gasteiger partial charge >= 0.3 is 11.9 Å². The van der Waals surface area contributed by atoms with E-state index >= 15 is 0 Å². The summed E-state index contributed by atoms with van der Waals surface area (Å²) in [5.74, 6) is -0.129. The molecule has 4 saturated carbocycles. The van der Waals surface area contributed by atoms with E-state index in [0.29, 0.717) is 42.4 Å². The summed E-state index contributed by atoms with van der Waals surface area (Å²) in [6.45, 7) is 14.1. The first-order valence-corrected chi connectivity index (χ1v) is 17.8. The Morgan fingerprint density at radius 2 is 1.68 bits per heavy atom. The third kappa shape index (κ3) is 5.08. The van der Waals surface area contributed by atoms with Gasteiger partial charge in [0.05, 0.1) is 18.6 Å². The summed E-state index contributed by atoms with van der Waals surface area (Å²) in [6, 6.07) is 4.92. The molecule has 1 aromatic rings. The third-order valence-corrected chi connectivity index (χ3v) is 14.8. The maximum atomic E-state index is 13.5. The number of phenolic OH excluding ortho intramolecular Hbond substituents is 1. The van der Waals surface area contributed by atoms with E-state index in [1.165, 1.54) is 24.8 Å². The Bertz CT molecular complexity index is 1490. The molecule has 8 atom stereocenters. The highest BCUT2D eigenvalue weighted by molar-refractivity contribution is 5.87. The molecule has 1 aromatic carbocycles. The maximum Gasteiger partial charge on any atom is 0.330 e. The van der Waals surface area contributed by atoms with Gasteiger partial charge in [0.15, 0.2) is 11.5 Å². The normalized spacial score (nSPS) is 40.2. The van der Waals surface area contributed by atoms with Crippen LogP contribution in [0, 0.1) is 50.2 Å². The number of aliphatic hydroxyl groups excluding tert-OH is 1. The van der Waals surface area contributed by atoms with Crippen molar-refractivity contribution in [2.75, 3.05) is 13.7 Å². The van der Waals surface area contributed by atoms with E-state index < -0.39 is 22.8 Å². The molecule has 5 aliphatic carbocycles. The minimum Gasteiger partial charge on any atom is -0.504 e. The van der Waals surface area contributed by atoms with Gasteiger partial charge in [-0.2, -0.15) is 0 Å². The van der Waals surface area contributed by atoms with E-state index in [1.54, 1.807) is 18.2 Å². The molecule has 258 valence electrons. The summed E-state index contributed by atoms with van der Waals surface area (Å²) in [5.41, 5.74) is 0.360. The second-order valence-corrected chi connectivity index (χ2v) is 17.7. The van der Waals surface area contributed by atoms with Crippen LogP contribution in [0.2, 0.25) is 0 Å². The Balaban J connectivity index is 1.40. The minimum atomic E-state index is -0.784. The van der Waals surface area contributed by atoms with Crippen molar-refractivity contribution >= 4 is 18.0 Å². The number of fused-ring (bicyclic) bond motifs is 7. The number of carboxylic acids is 1. The topological polar surface area (TPSA) is 113 Å². The fourth-order valence-corrected chi connectivity index (χ4v) is 11.9. The van der Waals surface area contributed by atoms with Crippen LogP contribution in [0.3, 0.4) is 0 Å². The van der Waals surface area contributed by atoms with Crippen LogP contribution in [0.4, 0.5) is 0 Å². The summed E-state index contributed by atoms with van der Waals surface area (Å²) in [4.78, 5) is 26.6. The number of carboxylic acid groups (broad SMARTS) is 1. The first-order chi connectivity index (χ1) is 22.0. The van der Waals surface area contributed by atoms with E-state index in [2.05, 4.69) is 47.6 Å². The molecule has 0 aromatic heterocycles. The Hall–Kier alpha value is -2.80. The number of aliphatic carboxylic acids is 1. The highest BCUT2D eigenvalue weighted by atomic mass is 16.5. The second-order valence-electron chi connectivity index (χ2n) is 17.7. The predicted octanol–water partition coefficient (Wildman–Crippen LogP) is 8.18. The van der Waals surface area contributed by atoms with E-state index in [1.807, 2.05) is 0 Å². The quantitative estimate of drug-likeness (QED) is 0.162. The van der Waals surface area contributed by atoms with Crippen LogP contribution in [0.1, 0.15) is 111 Å². The molecule has 47 heavy (non-hydrogen) atoms. The summed E-state index contributed by atoms with van der Waals surface area (Å²) in [6.07, 6.45) is 13.5. The number of hydrogen-bond acceptors (Lipinski definition) is 6. The van der Waals surface area contributed by atoms with Crippen molar-refractivity contribution in [1.82, 2.24) is 0 Å². The highest BCUT2D eigenvalue weighted by Crippen LogP contribution is 2.76. The number of ether oxygens (including phenoxy) is 2. The number of rotatable bonds is 6. The number of carbonyl (C=O) groups excluding carboxylic acids is 1. The first kappa shape index (κ1) is 34.1. The van der Waals surface area contributed by atoms with Gasteiger partial charge in [0.1, 0.15) is 6.61 Å². The molecule has 6 rings (SSSR count). The molecule has 7 nitrogen and oxygen atoms in total. The second kappa shape index (κ2) is 11.4. The molecular formula is C40H56O7. The number of benzene rings is 1. The number of esters is 1. The molecule has 7 heteroatoms. The molecular weight excluding hydrogens is 592 g/mol. The number of allylic oxidation sites excluding steroid dienone is 1. The van der Waals surface area contributed by atoms with Crippen LogP contribution in [0.25, 0.3) is 6.08 Å². The SMILES string of the molecule is COc1cc(C=CC(=O)OC[C@@]23CC[C@@]4(C(=O)O)CCC(C)(C)C[C@@H]4C2=CC[C@@H]2[C@@]4(C)CC[C@H](O)C(C)(C)[C@@H]4CC[C@]23C)ccc1O. The minimum absolute atomic E-state index is 0.0137. The van der Waals surface area contributed by atoms with E-state index in [9.17, 15) is 24.9 Å². The van der Waals surface area contributed by atoms with Gasteiger partial charge in [-0.3, -0.25) is 4.79 Å². The molecule has 0 saturated heterocycles. The van der Waals surface area contributed by atoms with Crippen molar-refractivity contribution in [3.8, 4) is 11.5 Å². The summed E-state index contributed by atoms with van der Waals surface area (Å²) >= 11 is 0. The lowest BCUT2D eigenvalue weighted by Gasteiger charge is -2.71. The Kier molecular flexibility index (Phi) is 8.26. The summed E-state index contributed by atoms with van der Waals surface area (Å²) in [5, 5.41) is 31.9. The van der Waals surface area contributed by atoms with Crippen LogP contribution in [-0.4, -0.2) is 47.1 Å². The average Bonchev–Trinajstić information content (AvgIpc) is 3.01. The van der Waals surface area contributed by atoms with Gasteiger partial charge in [-0.25, -0.2) is 4.79 Å². The molecule has 0 heterocycles. The zero-order valence-corrected chi connectivity index (χ0v) is 29.5. The largest absolute Gasteiger partial charge is 0.504 e. The molecule has 0 radical (unpaired) electrons. The lowest BCUT2D eigenvalue weighted by atomic mass is 9.33. The predicted molar refractivity (Wildman–Crippen MR) is 182 cm³/mol. The molecule has 0 amide bonds. The number of aliphatic hydroxyl groups is 1. The van der Waals surface area contributed by atoms with Crippen LogP contribution in [-0.2, 0) is 14.3 Å². The average molecular weight is 649 g/mol. The van der Waals surface area contributed by atoms with Gasteiger partial charge in [0.25, 0.3) is 0 Å². The standard InChI is InChI=1S/C40H56O7/c1-35(2)18-19-39(34(44)45)20-21-40(24-47-33(43)13-9-25-8-11-28(41)29(22-25)46-7)26(27(39)23-35)10-12-31-37(5)16-15-32(42)36(3,4)30(37)14-17-38(31,40)6/h8-11,13,22,27,30-32,41-42H,12,14-21,23-24H2,1-7H3,(H,44,45)/t27-,30+,31-,32+,37+,38-,39+,40+/m1/s1. The van der Waals surface area contributed by atoms with Gasteiger partial charge in [-0.15, -0.1) is 0 Å². The Morgan fingerprint density at radius 3 is 2.38 bits per heavy atom. The van der Waals surface area contributed by atoms with Gasteiger partial charge in [0, 0.05) is 11.5 Å². The number of hydrogen-bond donors (Lipinski definition) is 3. The number of aromatic hydroxyl groups is 1. The molecule has 0 spiro atoms. The van der Waals surface area contributed by atoms with Crippen molar-refractivity contribution in [3.05, 3.63) is 41.5 Å². The zero-order valence-electron chi connectivity index (χ0n) is 29.5. The summed E-state index contributed by atoms with van der Waals surface area (Å²) in [7, 11) is 1.49. The molecule has 0 bridgehead atoms. The Labute approximate surface area is 280 Å². The van der Waals surface area contributed by atoms with E-state index in [0.717, 1.165) is 44.9 Å². The smallest absolute Gasteiger partial charge is 0.330 e. The van der Waals surface area contributed by atoms with Gasteiger partial charge < -0.3 is 24.8 Å². The summed E-state index contributed by atoms with van der Waals surface area (Å²) < 4.78 is 11.5. The van der Waals surface area contributed by atoms with Crippen LogP contribution >= 0.6 is 0 Å². The number of phenols is 1. The van der Waals surface area contributed by atoms with Gasteiger partial charge in [-0.05, 0) is 127 Å². The lowest BCUT2D eigenvalue weighted by molar-refractivity contribution is -0.217. The fraction of sp³-hybridized carbons (Fsp3) is 0.700. The van der Waals surface area contributed by atoms with Gasteiger partial charge in [0.2, 0.25) is 0 Å². The van der Waals surface area contributed by atoms with E-state index in [-0.39, 0.29) is 46.0 Å². The molecule has 0 aliphatic heterocycles. The monoisotopic (exact) mass is 648 g/mol. The van der Waals surface area contributed by atoms with Crippen molar-refractivity contribution in [2.24, 2.45) is 50.2 Å². The van der Waals surface area contributed by atoms with E-state index in [4.69, 9.17) is 9.47 Å². The Morgan fingerprint density at radius 1 is 0.957 bits per heavy atom. The van der Waals surface area contributed by atoms with Crippen LogP contribution < -0.4 is 4.74 Å². The first-order valence-electron chi connectivity index (χ1n) is 17.8. The fourth-order valence-electron chi connectivity index (χ4n) is 11.9. The number of carbonyl (C=O) groups is 2.